The summed E-state index contributed by atoms with van der Waals surface area (Å²) in [4.78, 5) is 36.4. The molecule has 0 aliphatic heterocycles. The van der Waals surface area contributed by atoms with Crippen molar-refractivity contribution in [1.82, 2.24) is 5.32 Å². The maximum atomic E-state index is 12.5. The van der Waals surface area contributed by atoms with Crippen molar-refractivity contribution in [2.45, 2.75) is 13.1 Å². The monoisotopic (exact) mass is 400 g/mol. The number of thiophene rings is 1. The van der Waals surface area contributed by atoms with Gasteiger partial charge in [0.05, 0.1) is 10.4 Å². The van der Waals surface area contributed by atoms with E-state index in [4.69, 9.17) is 4.74 Å². The van der Waals surface area contributed by atoms with E-state index in [9.17, 15) is 27.6 Å². The highest BCUT2D eigenvalue weighted by Crippen LogP contribution is 2.29. The van der Waals surface area contributed by atoms with E-state index < -0.39 is 42.7 Å². The van der Waals surface area contributed by atoms with Crippen LogP contribution in [0.4, 0.5) is 18.9 Å². The van der Waals surface area contributed by atoms with Gasteiger partial charge in [-0.1, -0.05) is 0 Å². The van der Waals surface area contributed by atoms with Crippen molar-refractivity contribution < 1.29 is 32.3 Å². The summed E-state index contributed by atoms with van der Waals surface area (Å²) in [7, 11) is 0. The molecule has 2 amide bonds. The lowest BCUT2D eigenvalue weighted by molar-refractivity contribution is -0.146. The summed E-state index contributed by atoms with van der Waals surface area (Å²) in [5, 5.41) is 4.66. The Kier molecular flexibility index (Phi) is 6.56. The van der Waals surface area contributed by atoms with Gasteiger partial charge in [0.15, 0.2) is 6.61 Å². The molecule has 2 N–H and O–H groups in total. The minimum absolute atomic E-state index is 0.130. The van der Waals surface area contributed by atoms with Gasteiger partial charge >= 0.3 is 12.1 Å². The topological polar surface area (TPSA) is 84.5 Å². The highest BCUT2D eigenvalue weighted by atomic mass is 32.1. The molecule has 6 nitrogen and oxygen atoms in total. The Hall–Kier alpha value is -2.88. The van der Waals surface area contributed by atoms with Crippen LogP contribution in [-0.4, -0.2) is 30.9 Å². The number of carbonyl (C=O) groups is 3. The Balaban J connectivity index is 1.73. The molecular weight excluding hydrogens is 385 g/mol. The second-order valence-electron chi connectivity index (χ2n) is 5.38. The smallest absolute Gasteiger partial charge is 0.416 e. The lowest BCUT2D eigenvalue weighted by Gasteiger charge is -2.09. The fraction of sp³-hybridized carbons (Fsp3) is 0.235. The first-order valence-corrected chi connectivity index (χ1v) is 8.44. The van der Waals surface area contributed by atoms with Gasteiger partial charge in [-0.3, -0.25) is 14.4 Å². The van der Waals surface area contributed by atoms with Crippen LogP contribution in [0, 0.1) is 6.92 Å². The Bertz CT molecular complexity index is 831. The van der Waals surface area contributed by atoms with Gasteiger partial charge in [-0.05, 0) is 43.3 Å². The van der Waals surface area contributed by atoms with Gasteiger partial charge in [0.25, 0.3) is 11.8 Å². The molecule has 0 aliphatic rings. The fourth-order valence-corrected chi connectivity index (χ4v) is 2.72. The summed E-state index contributed by atoms with van der Waals surface area (Å²) in [6.45, 7) is 0.794. The molecule has 0 saturated carbocycles. The number of hydrogen-bond acceptors (Lipinski definition) is 5. The normalized spacial score (nSPS) is 11.0. The highest BCUT2D eigenvalue weighted by Gasteiger charge is 2.30. The second kappa shape index (κ2) is 8.67. The standard InChI is InChI=1S/C17H15F3N2O4S/c1-10-2-7-13(27-10)16(25)21-8-15(24)26-9-14(23)22-12-5-3-11(4-6-12)17(18,19)20/h2-7H,8-9H2,1H3,(H,21,25)(H,22,23). The molecule has 0 saturated heterocycles. The Morgan fingerprint density at radius 1 is 1.07 bits per heavy atom. The third kappa shape index (κ3) is 6.41. The number of esters is 1. The molecule has 0 unspecified atom stereocenters. The average molecular weight is 400 g/mol. The number of ether oxygens (including phenoxy) is 1. The van der Waals surface area contributed by atoms with Crippen LogP contribution in [0.1, 0.15) is 20.1 Å². The van der Waals surface area contributed by atoms with Crippen molar-refractivity contribution in [3.05, 3.63) is 51.7 Å². The second-order valence-corrected chi connectivity index (χ2v) is 6.66. The van der Waals surface area contributed by atoms with Gasteiger partial charge in [-0.25, -0.2) is 0 Å². The van der Waals surface area contributed by atoms with Crippen LogP contribution in [0.25, 0.3) is 0 Å². The predicted octanol–water partition coefficient (Wildman–Crippen LogP) is 2.99. The number of alkyl halides is 3. The summed E-state index contributed by atoms with van der Waals surface area (Å²) in [6, 6.07) is 7.21. The predicted molar refractivity (Wildman–Crippen MR) is 92.4 cm³/mol. The Labute approximate surface area is 156 Å². The zero-order chi connectivity index (χ0) is 20.0. The number of nitrogens with one attached hydrogen (secondary N) is 2. The number of halogens is 3. The lowest BCUT2D eigenvalue weighted by atomic mass is 10.2. The summed E-state index contributed by atoms with van der Waals surface area (Å²) in [6.07, 6.45) is -4.47. The van der Waals surface area contributed by atoms with E-state index in [1.807, 2.05) is 6.92 Å². The van der Waals surface area contributed by atoms with Crippen molar-refractivity contribution in [3.8, 4) is 0 Å². The van der Waals surface area contributed by atoms with Crippen LogP contribution in [0.3, 0.4) is 0 Å². The molecule has 144 valence electrons. The molecule has 10 heteroatoms. The van der Waals surface area contributed by atoms with Gasteiger partial charge in [0.2, 0.25) is 0 Å². The van der Waals surface area contributed by atoms with Gasteiger partial charge in [0.1, 0.15) is 6.54 Å². The van der Waals surface area contributed by atoms with Crippen LogP contribution < -0.4 is 10.6 Å². The van der Waals surface area contributed by atoms with E-state index in [2.05, 4.69) is 10.6 Å². The molecular formula is C17H15F3N2O4S. The number of benzene rings is 1. The highest BCUT2D eigenvalue weighted by molar-refractivity contribution is 7.13. The van der Waals surface area contributed by atoms with Crippen LogP contribution in [0.15, 0.2) is 36.4 Å². The SMILES string of the molecule is Cc1ccc(C(=O)NCC(=O)OCC(=O)Nc2ccc(C(F)(F)F)cc2)s1. The fourth-order valence-electron chi connectivity index (χ4n) is 1.93. The van der Waals surface area contributed by atoms with E-state index in [0.717, 1.165) is 29.1 Å². The number of amides is 2. The van der Waals surface area contributed by atoms with Crippen LogP contribution in [-0.2, 0) is 20.5 Å². The molecule has 0 aliphatic carbocycles. The molecule has 1 aromatic carbocycles. The Morgan fingerprint density at radius 3 is 2.30 bits per heavy atom. The number of rotatable bonds is 6. The van der Waals surface area contributed by atoms with Crippen LogP contribution in [0.2, 0.25) is 0 Å². The van der Waals surface area contributed by atoms with Crippen molar-refractivity contribution in [2.24, 2.45) is 0 Å². The van der Waals surface area contributed by atoms with Crippen molar-refractivity contribution in [1.29, 1.82) is 0 Å². The zero-order valence-corrected chi connectivity index (χ0v) is 14.9. The number of anilines is 1. The Morgan fingerprint density at radius 2 is 1.74 bits per heavy atom. The van der Waals surface area contributed by atoms with E-state index in [1.165, 1.54) is 11.3 Å². The first-order chi connectivity index (χ1) is 12.6. The molecule has 2 rings (SSSR count). The molecule has 0 fully saturated rings. The number of hydrogen-bond donors (Lipinski definition) is 2. The third-order valence-electron chi connectivity index (χ3n) is 3.22. The summed E-state index contributed by atoms with van der Waals surface area (Å²) in [5.41, 5.74) is -0.714. The van der Waals surface area contributed by atoms with E-state index in [1.54, 1.807) is 12.1 Å². The molecule has 1 aromatic heterocycles. The molecule has 0 radical (unpaired) electrons. The molecule has 0 spiro atoms. The molecule has 2 aromatic rings. The van der Waals surface area contributed by atoms with Gasteiger partial charge < -0.3 is 15.4 Å². The van der Waals surface area contributed by atoms with E-state index in [0.29, 0.717) is 4.88 Å². The number of aryl methyl sites for hydroxylation is 1. The van der Waals surface area contributed by atoms with Crippen LogP contribution in [0.5, 0.6) is 0 Å². The minimum atomic E-state index is -4.47. The molecule has 0 bridgehead atoms. The largest absolute Gasteiger partial charge is 0.454 e. The molecule has 27 heavy (non-hydrogen) atoms. The van der Waals surface area contributed by atoms with Crippen molar-refractivity contribution in [2.75, 3.05) is 18.5 Å². The molecule has 1 heterocycles. The minimum Gasteiger partial charge on any atom is -0.454 e. The lowest BCUT2D eigenvalue weighted by Crippen LogP contribution is -2.31. The summed E-state index contributed by atoms with van der Waals surface area (Å²) >= 11 is 1.27. The van der Waals surface area contributed by atoms with Crippen LogP contribution >= 0.6 is 11.3 Å². The number of carbonyl (C=O) groups excluding carboxylic acids is 3. The first-order valence-electron chi connectivity index (χ1n) is 7.62. The van der Waals surface area contributed by atoms with Crippen molar-refractivity contribution in [3.63, 3.8) is 0 Å². The third-order valence-corrected chi connectivity index (χ3v) is 4.22. The van der Waals surface area contributed by atoms with Gasteiger partial charge in [-0.2, -0.15) is 13.2 Å². The summed E-state index contributed by atoms with van der Waals surface area (Å²) in [5.74, 6) is -1.97. The maximum absolute atomic E-state index is 12.5. The quantitative estimate of drug-likeness (QED) is 0.731. The van der Waals surface area contributed by atoms with E-state index in [-0.39, 0.29) is 5.69 Å². The first kappa shape index (κ1) is 20.4. The van der Waals surface area contributed by atoms with Crippen molar-refractivity contribution >= 4 is 34.8 Å². The summed E-state index contributed by atoms with van der Waals surface area (Å²) < 4.78 is 42.1. The molecule has 0 atom stereocenters. The van der Waals surface area contributed by atoms with Gasteiger partial charge in [0, 0.05) is 10.6 Å². The van der Waals surface area contributed by atoms with Gasteiger partial charge in [-0.15, -0.1) is 11.3 Å². The zero-order valence-electron chi connectivity index (χ0n) is 14.1. The van der Waals surface area contributed by atoms with E-state index >= 15 is 0 Å². The maximum Gasteiger partial charge on any atom is 0.416 e. The average Bonchev–Trinajstić information content (AvgIpc) is 3.04.